The van der Waals surface area contributed by atoms with Gasteiger partial charge in [0.1, 0.15) is 5.82 Å². The highest BCUT2D eigenvalue weighted by Crippen LogP contribution is 2.35. The first kappa shape index (κ1) is 12.3. The van der Waals surface area contributed by atoms with E-state index in [0.29, 0.717) is 5.69 Å². The van der Waals surface area contributed by atoms with E-state index in [-0.39, 0.29) is 5.02 Å². The van der Waals surface area contributed by atoms with E-state index in [1.165, 1.54) is 23.4 Å². The SMILES string of the molecule is Cc1cccc(Sc2cc(Cl)c(F)cc2N)c1. The third kappa shape index (κ3) is 2.93. The van der Waals surface area contributed by atoms with Crippen molar-refractivity contribution in [1.82, 2.24) is 0 Å². The Bertz CT molecular complexity index is 557. The quantitative estimate of drug-likeness (QED) is 0.810. The van der Waals surface area contributed by atoms with E-state index in [0.717, 1.165) is 9.79 Å². The Morgan fingerprint density at radius 3 is 2.71 bits per heavy atom. The minimum absolute atomic E-state index is 0.0920. The lowest BCUT2D eigenvalue weighted by Gasteiger charge is -2.07. The Labute approximate surface area is 109 Å². The van der Waals surface area contributed by atoms with E-state index in [1.807, 2.05) is 31.2 Å². The highest BCUT2D eigenvalue weighted by atomic mass is 35.5. The van der Waals surface area contributed by atoms with E-state index in [1.54, 1.807) is 6.07 Å². The van der Waals surface area contributed by atoms with Crippen LogP contribution in [0.15, 0.2) is 46.2 Å². The van der Waals surface area contributed by atoms with E-state index < -0.39 is 5.82 Å². The maximum atomic E-state index is 13.1. The molecule has 0 bridgehead atoms. The number of halogens is 2. The number of nitrogen functional groups attached to an aromatic ring is 1. The van der Waals surface area contributed by atoms with Gasteiger partial charge in [-0.15, -0.1) is 0 Å². The molecule has 2 aromatic rings. The van der Waals surface area contributed by atoms with Crippen LogP contribution in [0.25, 0.3) is 0 Å². The molecule has 0 saturated heterocycles. The molecule has 0 fully saturated rings. The molecule has 0 aliphatic rings. The molecule has 0 aliphatic carbocycles. The Morgan fingerprint density at radius 2 is 2.00 bits per heavy atom. The van der Waals surface area contributed by atoms with Gasteiger partial charge in [0.25, 0.3) is 0 Å². The number of hydrogen-bond donors (Lipinski definition) is 1. The molecule has 0 radical (unpaired) electrons. The van der Waals surface area contributed by atoms with Crippen molar-refractivity contribution >= 4 is 29.1 Å². The van der Waals surface area contributed by atoms with Gasteiger partial charge in [0, 0.05) is 15.5 Å². The van der Waals surface area contributed by atoms with Crippen molar-refractivity contribution in [2.45, 2.75) is 16.7 Å². The molecule has 2 N–H and O–H groups in total. The van der Waals surface area contributed by atoms with E-state index in [4.69, 9.17) is 17.3 Å². The molecule has 2 aromatic carbocycles. The minimum atomic E-state index is -0.488. The smallest absolute Gasteiger partial charge is 0.143 e. The molecule has 88 valence electrons. The first-order valence-electron chi connectivity index (χ1n) is 5.05. The van der Waals surface area contributed by atoms with Gasteiger partial charge < -0.3 is 5.73 Å². The summed E-state index contributed by atoms with van der Waals surface area (Å²) in [4.78, 5) is 1.82. The van der Waals surface area contributed by atoms with Crippen molar-refractivity contribution in [2.75, 3.05) is 5.73 Å². The molecule has 17 heavy (non-hydrogen) atoms. The first-order valence-corrected chi connectivity index (χ1v) is 6.25. The number of benzene rings is 2. The van der Waals surface area contributed by atoms with Crippen molar-refractivity contribution in [2.24, 2.45) is 0 Å². The van der Waals surface area contributed by atoms with Gasteiger partial charge in [-0.3, -0.25) is 0 Å². The highest BCUT2D eigenvalue weighted by Gasteiger charge is 2.07. The Morgan fingerprint density at radius 1 is 1.24 bits per heavy atom. The molecule has 1 nitrogen and oxygen atoms in total. The van der Waals surface area contributed by atoms with Crippen LogP contribution >= 0.6 is 23.4 Å². The third-order valence-corrected chi connectivity index (χ3v) is 3.62. The van der Waals surface area contributed by atoms with Crippen LogP contribution in [-0.2, 0) is 0 Å². The van der Waals surface area contributed by atoms with Crippen LogP contribution in [0, 0.1) is 12.7 Å². The number of aryl methyl sites for hydroxylation is 1. The second-order valence-corrected chi connectivity index (χ2v) is 5.25. The standard InChI is InChI=1S/C13H11ClFNS/c1-8-3-2-4-9(5-8)17-13-6-10(14)11(15)7-12(13)16/h2-7H,16H2,1H3. The van der Waals surface area contributed by atoms with Gasteiger partial charge in [0.05, 0.1) is 5.02 Å². The first-order chi connectivity index (χ1) is 8.06. The van der Waals surface area contributed by atoms with E-state index in [9.17, 15) is 4.39 Å². The fraction of sp³-hybridized carbons (Fsp3) is 0.0769. The molecule has 4 heteroatoms. The fourth-order valence-electron chi connectivity index (χ4n) is 1.44. The van der Waals surface area contributed by atoms with Gasteiger partial charge in [-0.1, -0.05) is 41.1 Å². The average molecular weight is 268 g/mol. The summed E-state index contributed by atoms with van der Waals surface area (Å²) in [6, 6.07) is 10.8. The molecule has 0 atom stereocenters. The summed E-state index contributed by atoms with van der Waals surface area (Å²) in [5.74, 6) is -0.488. The lowest BCUT2D eigenvalue weighted by atomic mass is 10.2. The van der Waals surface area contributed by atoms with Gasteiger partial charge in [0.2, 0.25) is 0 Å². The lowest BCUT2D eigenvalue weighted by molar-refractivity contribution is 0.628. The second-order valence-electron chi connectivity index (χ2n) is 3.72. The molecule has 0 amide bonds. The van der Waals surface area contributed by atoms with E-state index >= 15 is 0 Å². The predicted molar refractivity (Wildman–Crippen MR) is 71.1 cm³/mol. The van der Waals surface area contributed by atoms with Gasteiger partial charge in [-0.2, -0.15) is 0 Å². The summed E-state index contributed by atoms with van der Waals surface area (Å²) in [5, 5.41) is 0.0920. The molecule has 0 unspecified atom stereocenters. The summed E-state index contributed by atoms with van der Waals surface area (Å²) in [6.07, 6.45) is 0. The number of anilines is 1. The molecular weight excluding hydrogens is 257 g/mol. The summed E-state index contributed by atoms with van der Waals surface area (Å²) in [6.45, 7) is 2.02. The van der Waals surface area contributed by atoms with Gasteiger partial charge >= 0.3 is 0 Å². The normalized spacial score (nSPS) is 10.5. The summed E-state index contributed by atoms with van der Waals surface area (Å²) < 4.78 is 13.1. The molecule has 0 aliphatic heterocycles. The fourth-order valence-corrected chi connectivity index (χ4v) is 2.67. The predicted octanol–water partition coefficient (Wildman–Crippen LogP) is 4.52. The van der Waals surface area contributed by atoms with Crippen LogP contribution in [0.1, 0.15) is 5.56 Å². The number of nitrogens with two attached hydrogens (primary N) is 1. The topological polar surface area (TPSA) is 26.0 Å². The van der Waals surface area contributed by atoms with Crippen LogP contribution in [0.5, 0.6) is 0 Å². The molecule has 0 saturated carbocycles. The highest BCUT2D eigenvalue weighted by molar-refractivity contribution is 7.99. The van der Waals surface area contributed by atoms with Gasteiger partial charge in [-0.25, -0.2) is 4.39 Å². The summed E-state index contributed by atoms with van der Waals surface area (Å²) >= 11 is 7.21. The van der Waals surface area contributed by atoms with Crippen molar-refractivity contribution in [3.63, 3.8) is 0 Å². The lowest BCUT2D eigenvalue weighted by Crippen LogP contribution is -1.91. The largest absolute Gasteiger partial charge is 0.398 e. The summed E-state index contributed by atoms with van der Waals surface area (Å²) in [5.41, 5.74) is 7.33. The minimum Gasteiger partial charge on any atom is -0.398 e. The maximum absolute atomic E-state index is 13.1. The molecule has 0 heterocycles. The Kier molecular flexibility index (Phi) is 3.60. The van der Waals surface area contributed by atoms with Gasteiger partial charge in [-0.05, 0) is 31.2 Å². The molecular formula is C13H11ClFNS. The Balaban J connectivity index is 2.33. The monoisotopic (exact) mass is 267 g/mol. The van der Waals surface area contributed by atoms with Crippen LogP contribution in [0.4, 0.5) is 10.1 Å². The zero-order valence-corrected chi connectivity index (χ0v) is 10.8. The van der Waals surface area contributed by atoms with Crippen LogP contribution in [0.2, 0.25) is 5.02 Å². The van der Waals surface area contributed by atoms with Crippen LogP contribution < -0.4 is 5.73 Å². The van der Waals surface area contributed by atoms with Gasteiger partial charge in [0.15, 0.2) is 0 Å². The molecule has 0 spiro atoms. The van der Waals surface area contributed by atoms with Crippen molar-refractivity contribution in [3.05, 3.63) is 52.8 Å². The van der Waals surface area contributed by atoms with Crippen molar-refractivity contribution < 1.29 is 4.39 Å². The number of hydrogen-bond acceptors (Lipinski definition) is 2. The van der Waals surface area contributed by atoms with Crippen molar-refractivity contribution in [1.29, 1.82) is 0 Å². The molecule has 2 rings (SSSR count). The number of rotatable bonds is 2. The Hall–Kier alpha value is -1.19. The average Bonchev–Trinajstić information content (AvgIpc) is 2.26. The van der Waals surface area contributed by atoms with Crippen LogP contribution in [-0.4, -0.2) is 0 Å². The summed E-state index contributed by atoms with van der Waals surface area (Å²) in [7, 11) is 0. The molecule has 0 aromatic heterocycles. The third-order valence-electron chi connectivity index (χ3n) is 2.27. The second kappa shape index (κ2) is 4.98. The van der Waals surface area contributed by atoms with E-state index in [2.05, 4.69) is 0 Å². The van der Waals surface area contributed by atoms with Crippen molar-refractivity contribution in [3.8, 4) is 0 Å². The zero-order valence-electron chi connectivity index (χ0n) is 9.21. The zero-order chi connectivity index (χ0) is 12.4. The van der Waals surface area contributed by atoms with Crippen LogP contribution in [0.3, 0.4) is 0 Å². The maximum Gasteiger partial charge on any atom is 0.143 e.